The Balaban J connectivity index is 0.903. The van der Waals surface area contributed by atoms with Crippen molar-refractivity contribution in [3.05, 3.63) is 148 Å². The van der Waals surface area contributed by atoms with Crippen LogP contribution >= 0.6 is 0 Å². The molecule has 0 unspecified atom stereocenters. The number of rotatable bonds is 20. The van der Waals surface area contributed by atoms with E-state index >= 15 is 0 Å². The molecule has 0 saturated heterocycles. The number of nitrogens with zero attached hydrogens (tertiary/aromatic N) is 4. The van der Waals surface area contributed by atoms with Crippen molar-refractivity contribution >= 4 is 52.5 Å². The van der Waals surface area contributed by atoms with Crippen molar-refractivity contribution in [1.82, 2.24) is 9.80 Å². The number of carbonyl (C=O) groups is 2. The van der Waals surface area contributed by atoms with E-state index in [4.69, 9.17) is 43.1 Å². The first kappa shape index (κ1) is 46.8. The Labute approximate surface area is 402 Å². The fourth-order valence-electron chi connectivity index (χ4n) is 8.81. The minimum atomic E-state index is -0.202. The summed E-state index contributed by atoms with van der Waals surface area (Å²) in [5.41, 5.74) is 10.9. The molecule has 0 saturated carbocycles. The molecule has 5 aromatic carbocycles. The van der Waals surface area contributed by atoms with Crippen LogP contribution in [-0.4, -0.2) is 107 Å². The average molecular weight is 932 g/mol. The van der Waals surface area contributed by atoms with E-state index < -0.39 is 0 Å². The quantitative estimate of drug-likeness (QED) is 0.0751. The summed E-state index contributed by atoms with van der Waals surface area (Å²) in [4.78, 5) is 41.2. The average Bonchev–Trinajstić information content (AvgIpc) is 3.95. The van der Waals surface area contributed by atoms with Crippen LogP contribution in [-0.2, 0) is 27.4 Å². The third-order valence-corrected chi connectivity index (χ3v) is 12.5. The van der Waals surface area contributed by atoms with Crippen LogP contribution in [0.4, 0.5) is 17.1 Å². The molecule has 9 rings (SSSR count). The Kier molecular flexibility index (Phi) is 14.5. The van der Waals surface area contributed by atoms with Gasteiger partial charge in [0.25, 0.3) is 11.8 Å². The summed E-state index contributed by atoms with van der Waals surface area (Å²) in [6.45, 7) is 7.45. The normalized spacial score (nSPS) is 16.8. The lowest BCUT2D eigenvalue weighted by molar-refractivity contribution is 0.0272. The summed E-state index contributed by atoms with van der Waals surface area (Å²) in [7, 11) is 4.85. The third-order valence-electron chi connectivity index (χ3n) is 12.5. The van der Waals surface area contributed by atoms with Gasteiger partial charge in [0.15, 0.2) is 11.5 Å². The molecule has 2 amide bonds. The van der Waals surface area contributed by atoms with E-state index in [9.17, 15) is 9.59 Å². The zero-order chi connectivity index (χ0) is 47.9. The number of ether oxygens (including phenoxy) is 7. The molecule has 69 heavy (non-hydrogen) atoms. The molecule has 1 N–H and O–H groups in total. The molecule has 0 spiro atoms. The first-order valence-corrected chi connectivity index (χ1v) is 23.2. The highest BCUT2D eigenvalue weighted by Gasteiger charge is 2.35. The van der Waals surface area contributed by atoms with E-state index in [1.165, 1.54) is 5.56 Å². The second-order valence-corrected chi connectivity index (χ2v) is 17.3. The van der Waals surface area contributed by atoms with E-state index in [0.29, 0.717) is 92.2 Å². The second-order valence-electron chi connectivity index (χ2n) is 17.3. The van der Waals surface area contributed by atoms with Gasteiger partial charge < -0.3 is 48.3 Å². The fraction of sp³-hybridized carbons (Fsp3) is 0.309. The Hall–Kier alpha value is -7.26. The number of aryl methyl sites for hydroxylation is 2. The number of aliphatic imine (C=N–C) groups is 2. The Morgan fingerprint density at radius 3 is 1.74 bits per heavy atom. The number of anilines is 1. The molecule has 0 fully saturated rings. The van der Waals surface area contributed by atoms with Crippen molar-refractivity contribution < 1.29 is 42.7 Å². The minimum absolute atomic E-state index is 0.105. The molecule has 0 aliphatic carbocycles. The standard InChI is InChI=1S/C55H57N5O9/c1-35-6-8-39(9-7-35)41-24-45-30-58-50-28-53(52(65-5)26-48(50)55(62)60(45)31-41)69-34-38-21-37(22-43(23-38)56-14-15-66-18-19-67-17-16-63-3)33-68-51-27-49-47(20-36(51)2)54(61)59-32-42(25-44(59)29-57-49)40-10-12-46(64-4)13-11-40/h6-13,20-23,26-32,44-45,56H,14-19,24-25,33-34H2,1-5H3/t44-,45-/m0/s1. The van der Waals surface area contributed by atoms with Gasteiger partial charge in [-0.05, 0) is 95.3 Å². The lowest BCUT2D eigenvalue weighted by Crippen LogP contribution is -2.32. The molecule has 0 aromatic heterocycles. The van der Waals surface area contributed by atoms with Gasteiger partial charge >= 0.3 is 0 Å². The summed E-state index contributed by atoms with van der Waals surface area (Å²) in [5, 5.41) is 3.49. The Morgan fingerprint density at radius 1 is 0.594 bits per heavy atom. The van der Waals surface area contributed by atoms with E-state index in [1.54, 1.807) is 43.3 Å². The SMILES string of the molecule is COCCOCCOCCNc1cc(COc2cc3c(cc2C)C(=O)N2C=C(c4ccc(OC)cc4)C[C@H]2C=N3)cc(COc2cc3c(cc2OC)C(=O)N2C=C(c4ccc(C)cc4)C[C@H]2C=N3)c1. The van der Waals surface area contributed by atoms with Gasteiger partial charge in [-0.25, -0.2) is 0 Å². The number of hydrogen-bond acceptors (Lipinski definition) is 12. The Morgan fingerprint density at radius 2 is 1.14 bits per heavy atom. The number of carbonyl (C=O) groups excluding carboxylic acids is 2. The van der Waals surface area contributed by atoms with Crippen LogP contribution in [0.25, 0.3) is 11.1 Å². The molecule has 4 aliphatic rings. The minimum Gasteiger partial charge on any atom is -0.497 e. The van der Waals surface area contributed by atoms with E-state index in [0.717, 1.165) is 50.4 Å². The van der Waals surface area contributed by atoms with Gasteiger partial charge in [0.05, 0.1) is 81.8 Å². The van der Waals surface area contributed by atoms with Crippen molar-refractivity contribution in [2.45, 2.75) is 52.0 Å². The largest absolute Gasteiger partial charge is 0.497 e. The fourth-order valence-corrected chi connectivity index (χ4v) is 8.81. The summed E-state index contributed by atoms with van der Waals surface area (Å²) >= 11 is 0. The number of benzene rings is 5. The highest BCUT2D eigenvalue weighted by Crippen LogP contribution is 2.41. The van der Waals surface area contributed by atoms with Gasteiger partial charge in [0.2, 0.25) is 0 Å². The maximum absolute atomic E-state index is 14.0. The number of amides is 2. The van der Waals surface area contributed by atoms with Crippen LogP contribution in [0.15, 0.2) is 113 Å². The summed E-state index contributed by atoms with van der Waals surface area (Å²) in [5.74, 6) is 2.04. The molecular weight excluding hydrogens is 875 g/mol. The van der Waals surface area contributed by atoms with Crippen LogP contribution in [0.5, 0.6) is 23.0 Å². The summed E-state index contributed by atoms with van der Waals surface area (Å²) in [6.07, 6.45) is 8.89. The second kappa shape index (κ2) is 21.4. The number of fused-ring (bicyclic) bond motifs is 4. The van der Waals surface area contributed by atoms with Crippen molar-refractivity contribution in [3.8, 4) is 23.0 Å². The first-order chi connectivity index (χ1) is 33.7. The smallest absolute Gasteiger partial charge is 0.260 e. The van der Waals surface area contributed by atoms with Crippen LogP contribution < -0.4 is 24.3 Å². The molecule has 0 bridgehead atoms. The van der Waals surface area contributed by atoms with E-state index in [2.05, 4.69) is 36.5 Å². The van der Waals surface area contributed by atoms with Gasteiger partial charge in [-0.1, -0.05) is 42.0 Å². The zero-order valence-corrected chi connectivity index (χ0v) is 39.7. The predicted octanol–water partition coefficient (Wildman–Crippen LogP) is 9.51. The topological polar surface area (TPSA) is 142 Å². The number of hydrogen-bond donors (Lipinski definition) is 1. The predicted molar refractivity (Wildman–Crippen MR) is 267 cm³/mol. The maximum atomic E-state index is 14.0. The highest BCUT2D eigenvalue weighted by atomic mass is 16.5. The van der Waals surface area contributed by atoms with Gasteiger partial charge in [-0.2, -0.15) is 0 Å². The molecule has 4 heterocycles. The number of nitrogens with one attached hydrogen (secondary N) is 1. The van der Waals surface area contributed by atoms with Gasteiger partial charge in [-0.3, -0.25) is 19.6 Å². The van der Waals surface area contributed by atoms with E-state index in [-0.39, 0.29) is 37.1 Å². The molecular formula is C55H57N5O9. The third kappa shape index (κ3) is 10.7. The van der Waals surface area contributed by atoms with Gasteiger partial charge in [-0.15, -0.1) is 0 Å². The van der Waals surface area contributed by atoms with Crippen LogP contribution in [0.1, 0.15) is 66.9 Å². The molecule has 14 heteroatoms. The molecule has 0 radical (unpaired) electrons. The molecule has 356 valence electrons. The van der Waals surface area contributed by atoms with E-state index in [1.807, 2.05) is 86.4 Å². The van der Waals surface area contributed by atoms with Crippen LogP contribution in [0.2, 0.25) is 0 Å². The lowest BCUT2D eigenvalue weighted by Gasteiger charge is -2.19. The molecule has 2 atom stereocenters. The molecule has 5 aromatic rings. The monoisotopic (exact) mass is 931 g/mol. The van der Waals surface area contributed by atoms with Crippen LogP contribution in [0.3, 0.4) is 0 Å². The number of methoxy groups -OCH3 is 3. The van der Waals surface area contributed by atoms with Crippen molar-refractivity contribution in [2.75, 3.05) is 66.2 Å². The zero-order valence-electron chi connectivity index (χ0n) is 39.7. The molecule has 4 aliphatic heterocycles. The summed E-state index contributed by atoms with van der Waals surface area (Å²) < 4.78 is 40.5. The van der Waals surface area contributed by atoms with Crippen molar-refractivity contribution in [1.29, 1.82) is 0 Å². The maximum Gasteiger partial charge on any atom is 0.260 e. The van der Waals surface area contributed by atoms with Gasteiger partial charge in [0, 0.05) is 69.1 Å². The lowest BCUT2D eigenvalue weighted by atomic mass is 10.0. The molecule has 14 nitrogen and oxygen atoms in total. The van der Waals surface area contributed by atoms with Crippen LogP contribution in [0, 0.1) is 13.8 Å². The van der Waals surface area contributed by atoms with Crippen molar-refractivity contribution in [2.24, 2.45) is 9.98 Å². The van der Waals surface area contributed by atoms with Crippen molar-refractivity contribution in [3.63, 3.8) is 0 Å². The Bertz CT molecular complexity index is 2820. The van der Waals surface area contributed by atoms with Gasteiger partial charge in [0.1, 0.15) is 24.7 Å². The first-order valence-electron chi connectivity index (χ1n) is 23.2. The summed E-state index contributed by atoms with van der Waals surface area (Å²) in [6, 6.07) is 29.1. The highest BCUT2D eigenvalue weighted by molar-refractivity contribution is 6.06.